The van der Waals surface area contributed by atoms with E-state index >= 15 is 0 Å². The van der Waals surface area contributed by atoms with Crippen LogP contribution >= 0.6 is 0 Å². The number of likely N-dealkylation sites (N-methyl/N-ethyl adjacent to an activating group) is 1. The smallest absolute Gasteiger partial charge is 0.0202 e. The highest BCUT2D eigenvalue weighted by Crippen LogP contribution is 2.04. The van der Waals surface area contributed by atoms with E-state index in [0.717, 1.165) is 13.0 Å². The molecule has 0 rings (SSSR count). The molecule has 0 bridgehead atoms. The van der Waals surface area contributed by atoms with Crippen LogP contribution in [0.3, 0.4) is 0 Å². The Hall–Kier alpha value is -0.820. The summed E-state index contributed by atoms with van der Waals surface area (Å²) in [4.78, 5) is 0. The van der Waals surface area contributed by atoms with Crippen molar-refractivity contribution >= 4 is 0 Å². The fourth-order valence-electron chi connectivity index (χ4n) is 0.932. The minimum atomic E-state index is 0.906. The first kappa shape index (κ1) is 11.2. The van der Waals surface area contributed by atoms with Crippen molar-refractivity contribution in [3.63, 3.8) is 0 Å². The molecular weight excluding hydrogens is 146 g/mol. The van der Waals surface area contributed by atoms with Gasteiger partial charge in [-0.3, -0.25) is 0 Å². The van der Waals surface area contributed by atoms with E-state index in [1.807, 2.05) is 19.2 Å². The molecule has 0 fully saturated rings. The molecule has 0 aromatic heterocycles. The second-order valence-electron chi connectivity index (χ2n) is 2.85. The Morgan fingerprint density at radius 2 is 2.17 bits per heavy atom. The third-order valence-corrected chi connectivity index (χ3v) is 1.70. The van der Waals surface area contributed by atoms with Crippen molar-refractivity contribution in [2.24, 2.45) is 0 Å². The van der Waals surface area contributed by atoms with Gasteiger partial charge in [0.05, 0.1) is 0 Å². The Morgan fingerprint density at radius 3 is 2.58 bits per heavy atom. The lowest BCUT2D eigenvalue weighted by molar-refractivity contribution is 0.892. The zero-order valence-corrected chi connectivity index (χ0v) is 8.35. The number of hydrogen-bond donors (Lipinski definition) is 1. The summed E-state index contributed by atoms with van der Waals surface area (Å²) in [6.07, 6.45) is 7.18. The molecule has 0 spiro atoms. The lowest BCUT2D eigenvalue weighted by Gasteiger charge is -2.01. The van der Waals surface area contributed by atoms with Crippen LogP contribution in [0.5, 0.6) is 0 Å². The first-order valence-corrected chi connectivity index (χ1v) is 4.38. The zero-order valence-electron chi connectivity index (χ0n) is 8.35. The van der Waals surface area contributed by atoms with E-state index in [1.54, 1.807) is 0 Å². The van der Waals surface area contributed by atoms with Crippen LogP contribution in [0.1, 0.15) is 20.3 Å². The predicted octanol–water partition coefficient (Wildman–Crippen LogP) is 2.67. The Balaban J connectivity index is 4.31. The summed E-state index contributed by atoms with van der Waals surface area (Å²) in [6, 6.07) is 0. The highest BCUT2D eigenvalue weighted by atomic mass is 14.8. The van der Waals surface area contributed by atoms with Gasteiger partial charge in [0.2, 0.25) is 0 Å². The highest BCUT2D eigenvalue weighted by molar-refractivity contribution is 5.27. The van der Waals surface area contributed by atoms with Crippen molar-refractivity contribution in [1.82, 2.24) is 5.32 Å². The van der Waals surface area contributed by atoms with Crippen molar-refractivity contribution in [3.05, 3.63) is 36.0 Å². The largest absolute Gasteiger partial charge is 0.316 e. The molecule has 1 heteroatoms. The standard InChI is InChI=1S/C11H19N/c1-5-7-11(9-12-4)8-10(3)6-2/h5,7-8,12H,1,6,9H2,2-4H3/b10-8-,11-7+. The number of hydrogen-bond acceptors (Lipinski definition) is 1. The lowest BCUT2D eigenvalue weighted by atomic mass is 10.1. The molecule has 0 saturated carbocycles. The van der Waals surface area contributed by atoms with E-state index < -0.39 is 0 Å². The second-order valence-corrected chi connectivity index (χ2v) is 2.85. The van der Waals surface area contributed by atoms with Gasteiger partial charge in [-0.15, -0.1) is 0 Å². The third kappa shape index (κ3) is 4.91. The van der Waals surface area contributed by atoms with Crippen LogP contribution in [-0.4, -0.2) is 13.6 Å². The summed E-state index contributed by atoms with van der Waals surface area (Å²) >= 11 is 0. The van der Waals surface area contributed by atoms with E-state index in [-0.39, 0.29) is 0 Å². The van der Waals surface area contributed by atoms with E-state index in [4.69, 9.17) is 0 Å². The van der Waals surface area contributed by atoms with Gasteiger partial charge in [-0.2, -0.15) is 0 Å². The monoisotopic (exact) mass is 165 g/mol. The topological polar surface area (TPSA) is 12.0 Å². The molecule has 1 nitrogen and oxygen atoms in total. The summed E-state index contributed by atoms with van der Waals surface area (Å²) < 4.78 is 0. The molecule has 0 aliphatic rings. The Labute approximate surface area is 75.9 Å². The lowest BCUT2D eigenvalue weighted by Crippen LogP contribution is -2.09. The number of allylic oxidation sites excluding steroid dienone is 3. The molecule has 68 valence electrons. The molecule has 0 aliphatic carbocycles. The summed E-state index contributed by atoms with van der Waals surface area (Å²) in [5, 5.41) is 3.12. The van der Waals surface area contributed by atoms with Crippen LogP contribution in [0.15, 0.2) is 36.0 Å². The van der Waals surface area contributed by atoms with Gasteiger partial charge in [-0.25, -0.2) is 0 Å². The van der Waals surface area contributed by atoms with Gasteiger partial charge >= 0.3 is 0 Å². The molecular formula is C11H19N. The van der Waals surface area contributed by atoms with Gasteiger partial charge in [0.15, 0.2) is 0 Å². The maximum Gasteiger partial charge on any atom is 0.0202 e. The van der Waals surface area contributed by atoms with Gasteiger partial charge in [0, 0.05) is 6.54 Å². The molecule has 0 aromatic carbocycles. The fourth-order valence-corrected chi connectivity index (χ4v) is 0.932. The van der Waals surface area contributed by atoms with Crippen LogP contribution in [-0.2, 0) is 0 Å². The number of nitrogens with one attached hydrogen (secondary N) is 1. The molecule has 0 amide bonds. The van der Waals surface area contributed by atoms with Crippen molar-refractivity contribution < 1.29 is 0 Å². The molecule has 0 aliphatic heterocycles. The molecule has 0 aromatic rings. The fraction of sp³-hybridized carbons (Fsp3) is 0.455. The Bertz CT molecular complexity index is 187. The van der Waals surface area contributed by atoms with E-state index in [0.29, 0.717) is 0 Å². The molecule has 0 radical (unpaired) electrons. The van der Waals surface area contributed by atoms with Gasteiger partial charge in [0.1, 0.15) is 0 Å². The molecule has 12 heavy (non-hydrogen) atoms. The minimum Gasteiger partial charge on any atom is -0.316 e. The van der Waals surface area contributed by atoms with Gasteiger partial charge in [0.25, 0.3) is 0 Å². The molecule has 0 unspecified atom stereocenters. The van der Waals surface area contributed by atoms with Crippen LogP contribution in [0.25, 0.3) is 0 Å². The van der Waals surface area contributed by atoms with Crippen molar-refractivity contribution in [1.29, 1.82) is 0 Å². The molecule has 0 atom stereocenters. The Morgan fingerprint density at radius 1 is 1.50 bits per heavy atom. The predicted molar refractivity (Wildman–Crippen MR) is 56.3 cm³/mol. The maximum absolute atomic E-state index is 3.68. The highest BCUT2D eigenvalue weighted by Gasteiger charge is 1.90. The molecule has 0 heterocycles. The summed E-state index contributed by atoms with van der Waals surface area (Å²) in [5.74, 6) is 0. The van der Waals surface area contributed by atoms with E-state index in [2.05, 4.69) is 31.8 Å². The van der Waals surface area contributed by atoms with Crippen LogP contribution in [0.4, 0.5) is 0 Å². The summed E-state index contributed by atoms with van der Waals surface area (Å²) in [6.45, 7) is 8.90. The second kappa shape index (κ2) is 6.86. The first-order valence-electron chi connectivity index (χ1n) is 4.38. The average molecular weight is 165 g/mol. The van der Waals surface area contributed by atoms with Crippen LogP contribution in [0, 0.1) is 0 Å². The summed E-state index contributed by atoms with van der Waals surface area (Å²) in [7, 11) is 1.95. The first-order chi connectivity index (χ1) is 5.74. The van der Waals surface area contributed by atoms with Gasteiger partial charge in [-0.1, -0.05) is 37.3 Å². The van der Waals surface area contributed by atoms with Gasteiger partial charge < -0.3 is 5.32 Å². The SMILES string of the molecule is C=C/C=C(\C=C(\C)CC)CNC. The van der Waals surface area contributed by atoms with Crippen LogP contribution < -0.4 is 5.32 Å². The van der Waals surface area contributed by atoms with Gasteiger partial charge in [-0.05, 0) is 26.0 Å². The minimum absolute atomic E-state index is 0.906. The quantitative estimate of drug-likeness (QED) is 0.618. The zero-order chi connectivity index (χ0) is 9.40. The van der Waals surface area contributed by atoms with Crippen molar-refractivity contribution in [2.45, 2.75) is 20.3 Å². The third-order valence-electron chi connectivity index (χ3n) is 1.70. The molecule has 0 saturated heterocycles. The molecule has 1 N–H and O–H groups in total. The van der Waals surface area contributed by atoms with Crippen molar-refractivity contribution in [3.8, 4) is 0 Å². The van der Waals surface area contributed by atoms with E-state index in [1.165, 1.54) is 11.1 Å². The number of rotatable bonds is 5. The van der Waals surface area contributed by atoms with Crippen molar-refractivity contribution in [2.75, 3.05) is 13.6 Å². The Kier molecular flexibility index (Phi) is 6.39. The summed E-state index contributed by atoms with van der Waals surface area (Å²) in [5.41, 5.74) is 2.69. The average Bonchev–Trinajstić information content (AvgIpc) is 2.05. The normalized spacial score (nSPS) is 13.2. The maximum atomic E-state index is 3.68. The van der Waals surface area contributed by atoms with E-state index in [9.17, 15) is 0 Å². The van der Waals surface area contributed by atoms with Crippen LogP contribution in [0.2, 0.25) is 0 Å².